The highest BCUT2D eigenvalue weighted by Crippen LogP contribution is 2.27. The van der Waals surface area contributed by atoms with Gasteiger partial charge < -0.3 is 14.0 Å². The monoisotopic (exact) mass is 429 g/mol. The van der Waals surface area contributed by atoms with Gasteiger partial charge in [0.25, 0.3) is 0 Å². The lowest BCUT2D eigenvalue weighted by atomic mass is 10.2. The zero-order valence-electron chi connectivity index (χ0n) is 18.5. The second-order valence-corrected chi connectivity index (χ2v) is 14.1. The average Bonchev–Trinajstić information content (AvgIpc) is 3.33. The van der Waals surface area contributed by atoms with Gasteiger partial charge in [0, 0.05) is 38.0 Å². The Hall–Kier alpha value is -2.52. The van der Waals surface area contributed by atoms with Crippen LogP contribution >= 0.6 is 0 Å². The van der Waals surface area contributed by atoms with Gasteiger partial charge in [-0.05, 0) is 25.5 Å². The van der Waals surface area contributed by atoms with E-state index < -0.39 is 14.1 Å². The maximum absolute atomic E-state index is 12.2. The van der Waals surface area contributed by atoms with Crippen molar-refractivity contribution in [1.82, 2.24) is 24.3 Å². The molecular formula is C21H31N5O3Si. The number of nitrogens with zero attached hydrogens (tertiary/aromatic N) is 5. The first-order valence-corrected chi connectivity index (χ1v) is 14.1. The van der Waals surface area contributed by atoms with Gasteiger partial charge in [-0.15, -0.1) is 0 Å². The summed E-state index contributed by atoms with van der Waals surface area (Å²) < 4.78 is 14.7. The molecule has 0 aliphatic carbocycles. The van der Waals surface area contributed by atoms with Crippen LogP contribution in [-0.2, 0) is 21.0 Å². The summed E-state index contributed by atoms with van der Waals surface area (Å²) >= 11 is 0. The van der Waals surface area contributed by atoms with Crippen molar-refractivity contribution in [2.75, 3.05) is 13.2 Å². The van der Waals surface area contributed by atoms with Crippen LogP contribution in [0, 0.1) is 0 Å². The highest BCUT2D eigenvalue weighted by molar-refractivity contribution is 6.76. The van der Waals surface area contributed by atoms with Crippen LogP contribution in [0.15, 0.2) is 31.0 Å². The SMILES string of the molecule is CCOC(=O)C(CC)n1cc(-c2ncnc3c2ccn3COCC[Si](C)(C)C)cn1. The molecule has 0 saturated carbocycles. The summed E-state index contributed by atoms with van der Waals surface area (Å²) in [6.07, 6.45) is 7.69. The number of ether oxygens (including phenoxy) is 2. The second-order valence-electron chi connectivity index (χ2n) is 8.48. The number of hydrogen-bond acceptors (Lipinski definition) is 6. The Morgan fingerprint density at radius 1 is 1.23 bits per heavy atom. The Morgan fingerprint density at radius 3 is 2.73 bits per heavy atom. The van der Waals surface area contributed by atoms with Gasteiger partial charge >= 0.3 is 5.97 Å². The van der Waals surface area contributed by atoms with Crippen LogP contribution in [-0.4, -0.2) is 51.6 Å². The largest absolute Gasteiger partial charge is 0.464 e. The van der Waals surface area contributed by atoms with Crippen LogP contribution in [0.1, 0.15) is 26.3 Å². The minimum Gasteiger partial charge on any atom is -0.464 e. The van der Waals surface area contributed by atoms with Crippen LogP contribution in [0.4, 0.5) is 0 Å². The van der Waals surface area contributed by atoms with Crippen molar-refractivity contribution < 1.29 is 14.3 Å². The lowest BCUT2D eigenvalue weighted by molar-refractivity contribution is -0.147. The second kappa shape index (κ2) is 9.52. The van der Waals surface area contributed by atoms with Crippen LogP contribution in [0.25, 0.3) is 22.3 Å². The molecule has 3 aromatic rings. The Morgan fingerprint density at radius 2 is 2.03 bits per heavy atom. The molecule has 8 nitrogen and oxygen atoms in total. The molecule has 1 unspecified atom stereocenters. The van der Waals surface area contributed by atoms with Crippen molar-refractivity contribution in [2.24, 2.45) is 0 Å². The number of carbonyl (C=O) groups is 1. The lowest BCUT2D eigenvalue weighted by Gasteiger charge is -2.15. The summed E-state index contributed by atoms with van der Waals surface area (Å²) in [5.74, 6) is -0.274. The Kier molecular flexibility index (Phi) is 7.04. The van der Waals surface area contributed by atoms with Crippen LogP contribution in [0.5, 0.6) is 0 Å². The average molecular weight is 430 g/mol. The van der Waals surface area contributed by atoms with Crippen molar-refractivity contribution in [3.63, 3.8) is 0 Å². The predicted molar refractivity (Wildman–Crippen MR) is 119 cm³/mol. The Labute approximate surface area is 178 Å². The fraction of sp³-hybridized carbons (Fsp3) is 0.524. The molecule has 0 N–H and O–H groups in total. The molecule has 0 aliphatic heterocycles. The van der Waals surface area contributed by atoms with Gasteiger partial charge in [0.05, 0.1) is 18.5 Å². The first kappa shape index (κ1) is 22.2. The molecular weight excluding hydrogens is 398 g/mol. The van der Waals surface area contributed by atoms with E-state index in [2.05, 4.69) is 34.7 Å². The number of aromatic nitrogens is 5. The van der Waals surface area contributed by atoms with Crippen LogP contribution < -0.4 is 0 Å². The van der Waals surface area contributed by atoms with Crippen LogP contribution in [0.2, 0.25) is 25.7 Å². The van der Waals surface area contributed by atoms with Crippen LogP contribution in [0.3, 0.4) is 0 Å². The highest BCUT2D eigenvalue weighted by Gasteiger charge is 2.22. The molecule has 3 rings (SSSR count). The molecule has 30 heavy (non-hydrogen) atoms. The normalized spacial score (nSPS) is 13.0. The summed E-state index contributed by atoms with van der Waals surface area (Å²) in [5, 5.41) is 5.32. The first-order chi connectivity index (χ1) is 14.3. The van der Waals surface area contributed by atoms with Gasteiger partial charge in [-0.1, -0.05) is 26.6 Å². The number of carbonyl (C=O) groups excluding carboxylic acids is 1. The van der Waals surface area contributed by atoms with E-state index in [1.165, 1.54) is 0 Å². The fourth-order valence-corrected chi connectivity index (χ4v) is 3.97. The Bertz CT molecular complexity index is 992. The standard InChI is InChI=1S/C21H31N5O3Si/c1-6-18(21(27)29-7-2)26-13-16(12-24-26)19-17-8-9-25(20(17)23-14-22-19)15-28-10-11-30(3,4)5/h8-9,12-14,18H,6-7,10-11,15H2,1-5H3. The summed E-state index contributed by atoms with van der Waals surface area (Å²) in [7, 11) is -1.11. The van der Waals surface area contributed by atoms with E-state index in [4.69, 9.17) is 9.47 Å². The van der Waals surface area contributed by atoms with E-state index in [-0.39, 0.29) is 5.97 Å². The number of hydrogen-bond donors (Lipinski definition) is 0. The smallest absolute Gasteiger partial charge is 0.330 e. The first-order valence-electron chi connectivity index (χ1n) is 10.4. The summed E-state index contributed by atoms with van der Waals surface area (Å²) in [4.78, 5) is 21.1. The zero-order valence-corrected chi connectivity index (χ0v) is 19.5. The highest BCUT2D eigenvalue weighted by atomic mass is 28.3. The van der Waals surface area contributed by atoms with Gasteiger partial charge in [-0.3, -0.25) is 4.68 Å². The van der Waals surface area contributed by atoms with Gasteiger partial charge in [-0.25, -0.2) is 14.8 Å². The molecule has 162 valence electrons. The zero-order chi connectivity index (χ0) is 21.7. The number of rotatable bonds is 10. The third-order valence-electron chi connectivity index (χ3n) is 4.92. The molecule has 3 aromatic heterocycles. The quantitative estimate of drug-likeness (QED) is 0.274. The maximum Gasteiger partial charge on any atom is 0.330 e. The topological polar surface area (TPSA) is 84.1 Å². The molecule has 0 spiro atoms. The molecule has 0 aromatic carbocycles. The van der Waals surface area contributed by atoms with Crippen molar-refractivity contribution >= 4 is 25.1 Å². The van der Waals surface area contributed by atoms with Crippen molar-refractivity contribution in [3.8, 4) is 11.3 Å². The molecule has 0 bridgehead atoms. The third kappa shape index (κ3) is 5.14. The molecule has 0 radical (unpaired) electrons. The molecule has 0 amide bonds. The van der Waals surface area contributed by atoms with Gasteiger partial charge in [0.15, 0.2) is 0 Å². The van der Waals surface area contributed by atoms with Gasteiger partial charge in [0.2, 0.25) is 0 Å². The molecule has 1 atom stereocenters. The van der Waals surface area contributed by atoms with E-state index in [1.54, 1.807) is 24.1 Å². The maximum atomic E-state index is 12.2. The number of fused-ring (bicyclic) bond motifs is 1. The van der Waals surface area contributed by atoms with Gasteiger partial charge in [0.1, 0.15) is 24.7 Å². The fourth-order valence-electron chi connectivity index (χ4n) is 3.21. The molecule has 3 heterocycles. The summed E-state index contributed by atoms with van der Waals surface area (Å²) in [6.45, 7) is 12.3. The van der Waals surface area contributed by atoms with E-state index in [0.717, 1.165) is 34.9 Å². The van der Waals surface area contributed by atoms with Crippen molar-refractivity contribution in [3.05, 3.63) is 31.0 Å². The summed E-state index contributed by atoms with van der Waals surface area (Å²) in [6, 6.07) is 2.68. The van der Waals surface area contributed by atoms with Crippen molar-refractivity contribution in [2.45, 2.75) is 58.7 Å². The van der Waals surface area contributed by atoms with E-state index in [9.17, 15) is 4.79 Å². The molecule has 0 aliphatic rings. The minimum absolute atomic E-state index is 0.274. The van der Waals surface area contributed by atoms with E-state index in [1.807, 2.05) is 30.0 Å². The summed E-state index contributed by atoms with van der Waals surface area (Å²) in [5.41, 5.74) is 2.44. The minimum atomic E-state index is -1.11. The van der Waals surface area contributed by atoms with E-state index >= 15 is 0 Å². The Balaban J connectivity index is 1.80. The molecule has 0 fully saturated rings. The van der Waals surface area contributed by atoms with Gasteiger partial charge in [-0.2, -0.15) is 5.10 Å². The lowest BCUT2D eigenvalue weighted by Crippen LogP contribution is -2.22. The molecule has 0 saturated heterocycles. The predicted octanol–water partition coefficient (Wildman–Crippen LogP) is 4.12. The third-order valence-corrected chi connectivity index (χ3v) is 6.63. The number of esters is 1. The molecule has 9 heteroatoms. The van der Waals surface area contributed by atoms with Crippen molar-refractivity contribution in [1.29, 1.82) is 0 Å². The van der Waals surface area contributed by atoms with E-state index in [0.29, 0.717) is 19.8 Å².